The largest absolute Gasteiger partial charge is 0.456 e. The van der Waals surface area contributed by atoms with Crippen LogP contribution < -0.4 is 0 Å². The Balaban J connectivity index is 4.60. The zero-order valence-corrected chi connectivity index (χ0v) is 6.80. The minimum absolute atomic E-state index is 0.791. The van der Waals surface area contributed by atoms with E-state index in [9.17, 15) is 13.2 Å². The molecule has 0 aliphatic carbocycles. The van der Waals surface area contributed by atoms with E-state index in [2.05, 4.69) is 4.74 Å². The van der Waals surface area contributed by atoms with Gasteiger partial charge in [0, 0.05) is 14.1 Å². The summed E-state index contributed by atoms with van der Waals surface area (Å²) in [6.45, 7) is 0. The Kier molecular flexibility index (Phi) is 2.79. The SMILES string of the molecule is COC(=O)S(=O)(=O)N(C)C. The number of nitrogens with zero attached hydrogens (tertiary/aromatic N) is 1. The van der Waals surface area contributed by atoms with Gasteiger partial charge in [0.25, 0.3) is 0 Å². The van der Waals surface area contributed by atoms with Crippen LogP contribution in [0.5, 0.6) is 0 Å². The van der Waals surface area contributed by atoms with Gasteiger partial charge in [-0.1, -0.05) is 0 Å². The van der Waals surface area contributed by atoms with Gasteiger partial charge in [-0.3, -0.25) is 0 Å². The van der Waals surface area contributed by atoms with Gasteiger partial charge in [0.05, 0.1) is 7.11 Å². The number of carbonyl (C=O) groups excluding carboxylic acids is 1. The Morgan fingerprint density at radius 3 is 1.90 bits per heavy atom. The van der Waals surface area contributed by atoms with Crippen molar-refractivity contribution in [2.75, 3.05) is 21.2 Å². The van der Waals surface area contributed by atoms with Gasteiger partial charge in [-0.15, -0.1) is 0 Å². The molecule has 0 saturated heterocycles. The van der Waals surface area contributed by atoms with Crippen molar-refractivity contribution in [2.24, 2.45) is 0 Å². The average molecular weight is 167 g/mol. The van der Waals surface area contributed by atoms with Gasteiger partial charge >= 0.3 is 15.3 Å². The van der Waals surface area contributed by atoms with E-state index in [0.29, 0.717) is 0 Å². The molecule has 0 aromatic heterocycles. The molecule has 6 heteroatoms. The van der Waals surface area contributed by atoms with Crippen molar-refractivity contribution in [3.63, 3.8) is 0 Å². The molecule has 0 bridgehead atoms. The molecule has 5 nitrogen and oxygen atoms in total. The second-order valence-electron chi connectivity index (χ2n) is 1.74. The first-order valence-corrected chi connectivity index (χ1v) is 3.87. The van der Waals surface area contributed by atoms with Crippen LogP contribution in [0.25, 0.3) is 0 Å². The first kappa shape index (κ1) is 9.38. The normalized spacial score (nSPS) is 11.6. The quantitative estimate of drug-likeness (QED) is 0.500. The van der Waals surface area contributed by atoms with Gasteiger partial charge in [-0.05, 0) is 0 Å². The Hall–Kier alpha value is -0.620. The molecule has 0 radical (unpaired) electrons. The summed E-state index contributed by atoms with van der Waals surface area (Å²) in [5, 5.41) is -1.24. The molecule has 0 unspecified atom stereocenters. The molecular weight excluding hydrogens is 158 g/mol. The third kappa shape index (κ3) is 1.68. The molecule has 0 aliphatic rings. The lowest BCUT2D eigenvalue weighted by molar-refractivity contribution is 0.195. The monoisotopic (exact) mass is 167 g/mol. The van der Waals surface area contributed by atoms with Crippen molar-refractivity contribution in [2.45, 2.75) is 0 Å². The highest BCUT2D eigenvalue weighted by Crippen LogP contribution is 1.97. The second-order valence-corrected chi connectivity index (χ2v) is 3.76. The molecule has 0 atom stereocenters. The maximum Gasteiger partial charge on any atom is 0.439 e. The molecule has 0 heterocycles. The zero-order valence-electron chi connectivity index (χ0n) is 5.99. The Bertz CT molecular complexity index is 217. The summed E-state index contributed by atoms with van der Waals surface area (Å²) in [5.74, 6) is 0. The van der Waals surface area contributed by atoms with E-state index < -0.39 is 15.3 Å². The summed E-state index contributed by atoms with van der Waals surface area (Å²) in [5.41, 5.74) is 0. The molecule has 0 rings (SSSR count). The summed E-state index contributed by atoms with van der Waals surface area (Å²) >= 11 is 0. The number of rotatable bonds is 1. The minimum atomic E-state index is -3.85. The van der Waals surface area contributed by atoms with Gasteiger partial charge in [0.2, 0.25) is 0 Å². The van der Waals surface area contributed by atoms with Crippen LogP contribution in [0.1, 0.15) is 0 Å². The van der Waals surface area contributed by atoms with Gasteiger partial charge in [-0.25, -0.2) is 4.79 Å². The Morgan fingerprint density at radius 1 is 1.40 bits per heavy atom. The fourth-order valence-corrected chi connectivity index (χ4v) is 0.763. The number of ether oxygens (including phenoxy) is 1. The molecule has 0 aromatic carbocycles. The highest BCUT2D eigenvalue weighted by molar-refractivity contribution is 8.03. The fraction of sp³-hybridized carbons (Fsp3) is 0.750. The zero-order chi connectivity index (χ0) is 8.36. The van der Waals surface area contributed by atoms with Gasteiger partial charge in [0.1, 0.15) is 0 Å². The van der Waals surface area contributed by atoms with E-state index in [1.54, 1.807) is 0 Å². The molecule has 0 N–H and O–H groups in total. The number of methoxy groups -OCH3 is 1. The van der Waals surface area contributed by atoms with E-state index in [0.717, 1.165) is 11.4 Å². The van der Waals surface area contributed by atoms with Gasteiger partial charge in [-0.2, -0.15) is 12.7 Å². The predicted molar refractivity (Wildman–Crippen MR) is 35.0 cm³/mol. The maximum atomic E-state index is 10.7. The van der Waals surface area contributed by atoms with Crippen molar-refractivity contribution in [1.82, 2.24) is 4.31 Å². The minimum Gasteiger partial charge on any atom is -0.456 e. The van der Waals surface area contributed by atoms with Crippen LogP contribution >= 0.6 is 0 Å². The molecule has 0 amide bonds. The molecular formula is C4H9NO4S. The topological polar surface area (TPSA) is 63.7 Å². The number of sulfonamides is 1. The summed E-state index contributed by atoms with van der Waals surface area (Å²) in [4.78, 5) is 10.4. The fourth-order valence-electron chi connectivity index (χ4n) is 0.254. The van der Waals surface area contributed by atoms with Crippen molar-refractivity contribution in [3.8, 4) is 0 Å². The lowest BCUT2D eigenvalue weighted by Gasteiger charge is -2.06. The molecule has 0 saturated carbocycles. The number of hydrogen-bond acceptors (Lipinski definition) is 4. The smallest absolute Gasteiger partial charge is 0.439 e. The molecule has 60 valence electrons. The second kappa shape index (κ2) is 2.98. The first-order chi connectivity index (χ1) is 4.42. The van der Waals surface area contributed by atoms with Crippen LogP contribution in [-0.2, 0) is 14.8 Å². The molecule has 0 aromatic rings. The van der Waals surface area contributed by atoms with E-state index >= 15 is 0 Å². The van der Waals surface area contributed by atoms with E-state index in [1.807, 2.05) is 0 Å². The first-order valence-electron chi connectivity index (χ1n) is 2.43. The lowest BCUT2D eigenvalue weighted by atomic mass is 11.3. The predicted octanol–water partition coefficient (Wildman–Crippen LogP) is -0.356. The summed E-state index contributed by atoms with van der Waals surface area (Å²) in [6.07, 6.45) is 0. The Morgan fingerprint density at radius 2 is 1.80 bits per heavy atom. The van der Waals surface area contributed by atoms with Crippen LogP contribution in [0.2, 0.25) is 0 Å². The van der Waals surface area contributed by atoms with Crippen LogP contribution in [0, 0.1) is 0 Å². The third-order valence-corrected chi connectivity index (χ3v) is 2.41. The average Bonchev–Trinajstić information content (AvgIpc) is 1.86. The van der Waals surface area contributed by atoms with E-state index in [1.165, 1.54) is 14.1 Å². The van der Waals surface area contributed by atoms with Gasteiger partial charge < -0.3 is 4.74 Å². The third-order valence-electron chi connectivity index (χ3n) is 0.858. The van der Waals surface area contributed by atoms with Crippen LogP contribution in [0.3, 0.4) is 0 Å². The van der Waals surface area contributed by atoms with Crippen LogP contribution in [0.4, 0.5) is 4.79 Å². The lowest BCUT2D eigenvalue weighted by Crippen LogP contribution is -2.29. The number of carbonyl (C=O) groups is 1. The van der Waals surface area contributed by atoms with Gasteiger partial charge in [0.15, 0.2) is 0 Å². The van der Waals surface area contributed by atoms with Crippen molar-refractivity contribution >= 4 is 15.3 Å². The van der Waals surface area contributed by atoms with Crippen LogP contribution in [0.15, 0.2) is 0 Å². The maximum absolute atomic E-state index is 10.7. The summed E-state index contributed by atoms with van der Waals surface area (Å²) in [7, 11) is -0.325. The highest BCUT2D eigenvalue weighted by Gasteiger charge is 2.24. The molecule has 0 aliphatic heterocycles. The van der Waals surface area contributed by atoms with E-state index in [-0.39, 0.29) is 0 Å². The van der Waals surface area contributed by atoms with Crippen molar-refractivity contribution in [1.29, 1.82) is 0 Å². The van der Waals surface area contributed by atoms with Crippen molar-refractivity contribution in [3.05, 3.63) is 0 Å². The molecule has 0 spiro atoms. The highest BCUT2D eigenvalue weighted by atomic mass is 32.2. The summed E-state index contributed by atoms with van der Waals surface area (Å²) in [6, 6.07) is 0. The van der Waals surface area contributed by atoms with E-state index in [4.69, 9.17) is 0 Å². The summed E-state index contributed by atoms with van der Waals surface area (Å²) < 4.78 is 26.2. The Labute approximate surface area is 59.6 Å². The molecule has 0 fully saturated rings. The van der Waals surface area contributed by atoms with Crippen LogP contribution in [-0.4, -0.2) is 39.2 Å². The molecule has 10 heavy (non-hydrogen) atoms. The van der Waals surface area contributed by atoms with Crippen molar-refractivity contribution < 1.29 is 17.9 Å². The number of hydrogen-bond donors (Lipinski definition) is 0. The standard InChI is InChI=1S/C4H9NO4S/c1-5(2)10(7,8)4(6)9-3/h1-3H3.